The fourth-order valence-corrected chi connectivity index (χ4v) is 9.62. The molecule has 4 saturated carbocycles. The van der Waals surface area contributed by atoms with Crippen molar-refractivity contribution < 1.29 is 0 Å². The van der Waals surface area contributed by atoms with Crippen molar-refractivity contribution in [2.45, 2.75) is 161 Å². The van der Waals surface area contributed by atoms with Crippen LogP contribution in [0.3, 0.4) is 0 Å². The number of fused-ring (bicyclic) bond motifs is 5. The third-order valence-corrected chi connectivity index (χ3v) is 11.7. The summed E-state index contributed by atoms with van der Waals surface area (Å²) in [4.78, 5) is 0. The monoisotopic (exact) mass is 625 g/mol. The van der Waals surface area contributed by atoms with E-state index in [1.54, 1.807) is 57.1 Å². The van der Waals surface area contributed by atoms with Gasteiger partial charge in [0.25, 0.3) is 0 Å². The molecule has 1 aromatic carbocycles. The van der Waals surface area contributed by atoms with Crippen molar-refractivity contribution in [1.82, 2.24) is 0 Å². The third-order valence-electron chi connectivity index (χ3n) is 11.7. The van der Waals surface area contributed by atoms with E-state index in [9.17, 15) is 0 Å². The number of nitrogens with two attached hydrogens (primary N) is 1. The maximum absolute atomic E-state index is 8.55. The van der Waals surface area contributed by atoms with Gasteiger partial charge >= 0.3 is 0 Å². The van der Waals surface area contributed by atoms with Gasteiger partial charge in [-0.3, -0.25) is 0 Å². The van der Waals surface area contributed by atoms with Crippen LogP contribution in [0.1, 0.15) is 171 Å². The first-order valence-corrected chi connectivity index (χ1v) is 19.4. The number of nitriles is 1. The quantitative estimate of drug-likeness (QED) is 0.364. The summed E-state index contributed by atoms with van der Waals surface area (Å²) >= 11 is 0. The predicted molar refractivity (Wildman–Crippen MR) is 205 cm³/mol. The molecule has 4 fully saturated rings. The van der Waals surface area contributed by atoms with Gasteiger partial charge in [0.1, 0.15) is 0 Å². The predicted octanol–water partition coefficient (Wildman–Crippen LogP) is 13.5. The first-order valence-electron chi connectivity index (χ1n) is 19.4. The molecule has 8 atom stereocenters. The van der Waals surface area contributed by atoms with Gasteiger partial charge < -0.3 is 5.73 Å². The van der Waals surface area contributed by atoms with Gasteiger partial charge in [0, 0.05) is 0 Å². The number of nitrogens with zero attached hydrogens (tertiary/aromatic N) is 1. The van der Waals surface area contributed by atoms with Crippen LogP contribution in [-0.2, 0) is 0 Å². The van der Waals surface area contributed by atoms with E-state index in [4.69, 9.17) is 5.26 Å². The second-order valence-electron chi connectivity index (χ2n) is 13.7. The maximum Gasteiger partial charge on any atom is 0.0991 e. The lowest BCUT2D eigenvalue weighted by Crippen LogP contribution is -2.49. The summed E-state index contributed by atoms with van der Waals surface area (Å²) in [6, 6.07) is 7.64. The molecule has 7 unspecified atom stereocenters. The second kappa shape index (κ2) is 23.7. The lowest BCUT2D eigenvalue weighted by molar-refractivity contribution is -0.0822. The molecule has 0 heterocycles. The van der Waals surface area contributed by atoms with E-state index in [-0.39, 0.29) is 0 Å². The fourth-order valence-electron chi connectivity index (χ4n) is 9.62. The number of hydrogen-bond acceptors (Lipinski definition) is 2. The van der Waals surface area contributed by atoms with Crippen molar-refractivity contribution in [3.63, 3.8) is 0 Å². The molecule has 2 nitrogen and oxygen atoms in total. The number of benzene rings is 1. The highest BCUT2D eigenvalue weighted by molar-refractivity contribution is 5.53. The molecule has 0 aliphatic heterocycles. The van der Waals surface area contributed by atoms with Gasteiger partial charge in [-0.05, 0) is 147 Å². The lowest BCUT2D eigenvalue weighted by atomic mass is 9.47. The Bertz CT molecular complexity index is 942. The van der Waals surface area contributed by atoms with Crippen LogP contribution in [0.25, 0.3) is 6.08 Å². The number of aryl methyl sites for hydroxylation is 1. The van der Waals surface area contributed by atoms with Crippen LogP contribution >= 0.6 is 0 Å². The first kappa shape index (κ1) is 45.5. The Hall–Kier alpha value is -1.59. The summed E-state index contributed by atoms with van der Waals surface area (Å²) in [7, 11) is 1.50. The van der Waals surface area contributed by atoms with Crippen molar-refractivity contribution in [3.05, 3.63) is 41.5 Å². The Kier molecular flexibility index (Phi) is 24.0. The average molecular weight is 625 g/mol. The summed E-state index contributed by atoms with van der Waals surface area (Å²) in [5, 5.41) is 8.55. The minimum absolute atomic E-state index is 0.674. The summed E-state index contributed by atoms with van der Waals surface area (Å²) in [6.07, 6.45) is 17.2. The Morgan fingerprint density at radius 1 is 0.867 bits per heavy atom. The second-order valence-corrected chi connectivity index (χ2v) is 13.7. The molecule has 0 spiro atoms. The zero-order valence-corrected chi connectivity index (χ0v) is 33.2. The van der Waals surface area contributed by atoms with Crippen LogP contribution < -0.4 is 5.73 Å². The van der Waals surface area contributed by atoms with E-state index in [1.165, 1.54) is 26.3 Å². The van der Waals surface area contributed by atoms with Gasteiger partial charge in [0.05, 0.1) is 11.6 Å². The zero-order valence-electron chi connectivity index (χ0n) is 33.2. The topological polar surface area (TPSA) is 49.8 Å². The standard InChI is InChI=1S/C24H42.C10H9N.4C2H6.CH5N/c1-6-23(4)13-11-18-17(15-23)7-8-20-19(18)12-14-24(5)21(16(2)3)9-10-22(20)24;1-3-10-5-4-9(7-11)6-8(10)2;5*1-2/h16-22H,6-15H2,1-5H3;3-6H,1H2,2H3;4*1-2H3;2H2,1H3/t17?,18?,19?,20?,21?,22?,23-,24?;;;;;;/m0....../s1. The largest absolute Gasteiger partial charge is 0.333 e. The molecule has 0 radical (unpaired) electrons. The summed E-state index contributed by atoms with van der Waals surface area (Å²) in [5.41, 5.74) is 8.75. The van der Waals surface area contributed by atoms with E-state index in [0.717, 1.165) is 52.6 Å². The maximum atomic E-state index is 8.55. The van der Waals surface area contributed by atoms with Crippen LogP contribution in [0.15, 0.2) is 24.8 Å². The Labute approximate surface area is 284 Å². The van der Waals surface area contributed by atoms with Gasteiger partial charge in [0.2, 0.25) is 0 Å². The molecule has 5 rings (SSSR count). The molecule has 262 valence electrons. The van der Waals surface area contributed by atoms with Gasteiger partial charge in [0.15, 0.2) is 0 Å². The SMILES string of the molecule is C=Cc1ccc(C#N)cc1C.CC.CC.CC.CC.CC[C@@]1(C)CCC2C(CCC3C2CCC2(C)C(C(C)C)CCC32)C1.CN. The van der Waals surface area contributed by atoms with Crippen molar-refractivity contribution in [3.8, 4) is 6.07 Å². The molecule has 45 heavy (non-hydrogen) atoms. The van der Waals surface area contributed by atoms with Gasteiger partial charge in [-0.25, -0.2) is 0 Å². The summed E-state index contributed by atoms with van der Waals surface area (Å²) in [6.45, 7) is 34.3. The Balaban J connectivity index is 0. The normalized spacial score (nSPS) is 31.7. The van der Waals surface area contributed by atoms with E-state index in [2.05, 4.69) is 53.0 Å². The van der Waals surface area contributed by atoms with Crippen LogP contribution in [0.2, 0.25) is 0 Å². The minimum atomic E-state index is 0.674. The molecule has 0 bridgehead atoms. The van der Waals surface area contributed by atoms with Crippen molar-refractivity contribution in [2.24, 2.45) is 58.0 Å². The van der Waals surface area contributed by atoms with Crippen LogP contribution in [0.4, 0.5) is 0 Å². The highest BCUT2D eigenvalue weighted by atomic mass is 14.6. The molecule has 4 aliphatic carbocycles. The molecular weight excluding hydrogens is 544 g/mol. The lowest BCUT2D eigenvalue weighted by Gasteiger charge is -2.58. The molecule has 4 aliphatic rings. The van der Waals surface area contributed by atoms with Crippen LogP contribution in [0.5, 0.6) is 0 Å². The third kappa shape index (κ3) is 11.6. The molecule has 2 heteroatoms. The average Bonchev–Trinajstić information content (AvgIpc) is 3.47. The van der Waals surface area contributed by atoms with E-state index >= 15 is 0 Å². The van der Waals surface area contributed by atoms with E-state index in [1.807, 2.05) is 74.4 Å². The minimum Gasteiger partial charge on any atom is -0.333 e. The smallest absolute Gasteiger partial charge is 0.0991 e. The van der Waals surface area contributed by atoms with E-state index < -0.39 is 0 Å². The highest BCUT2D eigenvalue weighted by Crippen LogP contribution is 2.66. The molecule has 0 amide bonds. The number of rotatable bonds is 3. The molecular formula is C43H80N2. The molecule has 0 aromatic heterocycles. The van der Waals surface area contributed by atoms with Crippen LogP contribution in [0, 0.1) is 70.5 Å². The molecule has 1 aromatic rings. The molecule has 0 saturated heterocycles. The molecule has 2 N–H and O–H groups in total. The summed E-state index contributed by atoms with van der Waals surface area (Å²) < 4.78 is 0. The van der Waals surface area contributed by atoms with Gasteiger partial charge in [-0.1, -0.05) is 115 Å². The summed E-state index contributed by atoms with van der Waals surface area (Å²) in [5.74, 6) is 7.37. The number of hydrogen-bond donors (Lipinski definition) is 1. The fraction of sp³-hybridized carbons (Fsp3) is 0.791. The van der Waals surface area contributed by atoms with Gasteiger partial charge in [-0.15, -0.1) is 0 Å². The van der Waals surface area contributed by atoms with Crippen molar-refractivity contribution in [2.75, 3.05) is 7.05 Å². The van der Waals surface area contributed by atoms with E-state index in [0.29, 0.717) is 16.4 Å². The van der Waals surface area contributed by atoms with Crippen LogP contribution in [-0.4, -0.2) is 7.05 Å². The highest BCUT2D eigenvalue weighted by Gasteiger charge is 2.57. The Morgan fingerprint density at radius 3 is 1.93 bits per heavy atom. The van der Waals surface area contributed by atoms with Crippen molar-refractivity contribution in [1.29, 1.82) is 5.26 Å². The van der Waals surface area contributed by atoms with Crippen molar-refractivity contribution >= 4 is 6.08 Å². The van der Waals surface area contributed by atoms with Gasteiger partial charge in [-0.2, -0.15) is 5.26 Å². The zero-order chi connectivity index (χ0) is 35.4. The Morgan fingerprint density at radius 2 is 1.44 bits per heavy atom. The first-order chi connectivity index (χ1) is 21.7.